The first-order valence-corrected chi connectivity index (χ1v) is 9.63. The van der Waals surface area contributed by atoms with Gasteiger partial charge in [0.1, 0.15) is 11.6 Å². The molecule has 34 heavy (non-hydrogen) atoms. The molecule has 4 rings (SSSR count). The molecule has 2 aromatic heterocycles. The summed E-state index contributed by atoms with van der Waals surface area (Å²) in [4.78, 5) is 34.5. The summed E-state index contributed by atoms with van der Waals surface area (Å²) in [5.41, 5.74) is 0.500. The normalized spacial score (nSPS) is 13.7. The molecule has 1 aliphatic heterocycles. The van der Waals surface area contributed by atoms with Crippen molar-refractivity contribution in [2.45, 2.75) is 6.11 Å². The lowest BCUT2D eigenvalue weighted by molar-refractivity contribution is -0.189. The number of benzene rings is 1. The van der Waals surface area contributed by atoms with E-state index in [1.807, 2.05) is 5.32 Å². The molecule has 11 nitrogen and oxygen atoms in total. The number of carbonyl (C=O) groups is 2. The Morgan fingerprint density at radius 2 is 2.03 bits per heavy atom. The molecule has 3 aromatic rings. The summed E-state index contributed by atoms with van der Waals surface area (Å²) < 4.78 is 50.6. The summed E-state index contributed by atoms with van der Waals surface area (Å²) in [6.07, 6.45) is -3.11. The first-order valence-electron chi connectivity index (χ1n) is 9.63. The number of amides is 2. The van der Waals surface area contributed by atoms with Gasteiger partial charge in [-0.05, 0) is 24.3 Å². The minimum absolute atomic E-state index is 0.000939. The fraction of sp³-hybridized carbons (Fsp3) is 0.150. The summed E-state index contributed by atoms with van der Waals surface area (Å²) in [6, 6.07) is 8.96. The van der Waals surface area contributed by atoms with Crippen LogP contribution in [-0.2, 0) is 9.59 Å². The first-order chi connectivity index (χ1) is 16.2. The van der Waals surface area contributed by atoms with Crippen LogP contribution in [0.5, 0.6) is 11.5 Å². The molecule has 4 N–H and O–H groups in total. The standard InChI is InChI=1S/C20H16F3N7O4/c1-24-15(31)9-33-11-4-2-3-10(7-11)26-19-25-8-12(21)16(30-19)27-14-6-5-13-17(28-14)29-18(32)20(22,23)34-13/h2-8H,9H2,1H3,(H,24,31)(H3,25,26,27,28,29,30,32). The minimum atomic E-state index is -4.02. The molecule has 176 valence electrons. The molecule has 0 aliphatic carbocycles. The molecule has 0 saturated heterocycles. The van der Waals surface area contributed by atoms with Gasteiger partial charge < -0.3 is 25.4 Å². The van der Waals surface area contributed by atoms with Gasteiger partial charge >= 0.3 is 12.0 Å². The molecule has 0 atom stereocenters. The number of anilines is 5. The Balaban J connectivity index is 1.49. The van der Waals surface area contributed by atoms with Crippen LogP contribution in [0.3, 0.4) is 0 Å². The van der Waals surface area contributed by atoms with Crippen LogP contribution in [0.25, 0.3) is 0 Å². The summed E-state index contributed by atoms with van der Waals surface area (Å²) in [6.45, 7) is -0.169. The lowest BCUT2D eigenvalue weighted by Crippen LogP contribution is -2.43. The van der Waals surface area contributed by atoms with E-state index in [-0.39, 0.29) is 41.7 Å². The van der Waals surface area contributed by atoms with Crippen LogP contribution in [0.4, 0.5) is 42.3 Å². The van der Waals surface area contributed by atoms with Gasteiger partial charge in [0.15, 0.2) is 29.8 Å². The summed E-state index contributed by atoms with van der Waals surface area (Å²) >= 11 is 0. The molecule has 0 spiro atoms. The van der Waals surface area contributed by atoms with Gasteiger partial charge in [0.25, 0.3) is 5.91 Å². The highest BCUT2D eigenvalue weighted by Gasteiger charge is 2.46. The van der Waals surface area contributed by atoms with E-state index in [0.717, 1.165) is 12.3 Å². The molecule has 2 amide bonds. The molecule has 0 saturated carbocycles. The van der Waals surface area contributed by atoms with Crippen molar-refractivity contribution in [3.8, 4) is 11.5 Å². The van der Waals surface area contributed by atoms with Crippen molar-refractivity contribution < 1.29 is 32.2 Å². The van der Waals surface area contributed by atoms with Gasteiger partial charge in [-0.15, -0.1) is 0 Å². The monoisotopic (exact) mass is 475 g/mol. The highest BCUT2D eigenvalue weighted by Crippen LogP contribution is 2.35. The van der Waals surface area contributed by atoms with Crippen LogP contribution in [-0.4, -0.2) is 46.5 Å². The van der Waals surface area contributed by atoms with Gasteiger partial charge in [-0.3, -0.25) is 14.9 Å². The van der Waals surface area contributed by atoms with E-state index in [9.17, 15) is 22.8 Å². The van der Waals surface area contributed by atoms with Crippen LogP contribution in [0.15, 0.2) is 42.6 Å². The molecular formula is C20H16F3N7O4. The number of pyridine rings is 1. The molecule has 1 aromatic carbocycles. The van der Waals surface area contributed by atoms with Gasteiger partial charge in [0, 0.05) is 18.8 Å². The van der Waals surface area contributed by atoms with Crippen molar-refractivity contribution >= 4 is 40.9 Å². The summed E-state index contributed by atoms with van der Waals surface area (Å²) in [7, 11) is 1.49. The number of fused-ring (bicyclic) bond motifs is 1. The molecule has 0 bridgehead atoms. The Bertz CT molecular complexity index is 1260. The average molecular weight is 475 g/mol. The molecule has 3 heterocycles. The van der Waals surface area contributed by atoms with E-state index in [1.165, 1.54) is 13.1 Å². The van der Waals surface area contributed by atoms with E-state index in [4.69, 9.17) is 4.74 Å². The van der Waals surface area contributed by atoms with Gasteiger partial charge in [0.2, 0.25) is 5.95 Å². The minimum Gasteiger partial charge on any atom is -0.484 e. The van der Waals surface area contributed by atoms with Crippen LogP contribution in [0.1, 0.15) is 0 Å². The Morgan fingerprint density at radius 3 is 2.82 bits per heavy atom. The lowest BCUT2D eigenvalue weighted by Gasteiger charge is -2.24. The first kappa shape index (κ1) is 22.6. The fourth-order valence-corrected chi connectivity index (χ4v) is 2.70. The predicted molar refractivity (Wildman–Crippen MR) is 113 cm³/mol. The Kier molecular flexibility index (Phi) is 6.03. The van der Waals surface area contributed by atoms with E-state index in [1.54, 1.807) is 24.3 Å². The second-order valence-corrected chi connectivity index (χ2v) is 6.75. The Labute approximate surface area is 189 Å². The number of nitrogens with zero attached hydrogens (tertiary/aromatic N) is 3. The van der Waals surface area contributed by atoms with E-state index < -0.39 is 17.8 Å². The molecule has 0 radical (unpaired) electrons. The zero-order chi connectivity index (χ0) is 24.3. The third-order valence-corrected chi connectivity index (χ3v) is 4.32. The number of aromatic nitrogens is 3. The van der Waals surface area contributed by atoms with Gasteiger partial charge in [-0.2, -0.15) is 13.8 Å². The SMILES string of the molecule is CNC(=O)COc1cccc(Nc2ncc(F)c(Nc3ccc4c(n3)NC(=O)C(F)(F)O4)n2)c1. The Morgan fingerprint density at radius 1 is 1.21 bits per heavy atom. The van der Waals surface area contributed by atoms with Crippen molar-refractivity contribution in [2.75, 3.05) is 29.6 Å². The molecule has 1 aliphatic rings. The zero-order valence-electron chi connectivity index (χ0n) is 17.4. The lowest BCUT2D eigenvalue weighted by atomic mass is 10.3. The second-order valence-electron chi connectivity index (χ2n) is 6.75. The number of alkyl halides is 2. The highest BCUT2D eigenvalue weighted by atomic mass is 19.3. The maximum absolute atomic E-state index is 14.3. The maximum Gasteiger partial charge on any atom is 0.482 e. The largest absolute Gasteiger partial charge is 0.484 e. The molecule has 0 unspecified atom stereocenters. The zero-order valence-corrected chi connectivity index (χ0v) is 17.4. The van der Waals surface area contributed by atoms with E-state index in [0.29, 0.717) is 11.4 Å². The number of rotatable bonds is 7. The Hall–Kier alpha value is -4.62. The predicted octanol–water partition coefficient (Wildman–Crippen LogP) is 2.55. The van der Waals surface area contributed by atoms with E-state index >= 15 is 0 Å². The van der Waals surface area contributed by atoms with Crippen molar-refractivity contribution in [1.82, 2.24) is 20.3 Å². The van der Waals surface area contributed by atoms with Crippen LogP contribution < -0.4 is 30.7 Å². The van der Waals surface area contributed by atoms with E-state index in [2.05, 4.69) is 35.6 Å². The quantitative estimate of drug-likeness (QED) is 0.406. The average Bonchev–Trinajstić information content (AvgIpc) is 2.81. The van der Waals surface area contributed by atoms with Crippen molar-refractivity contribution in [3.05, 3.63) is 48.4 Å². The van der Waals surface area contributed by atoms with Crippen LogP contribution >= 0.6 is 0 Å². The number of hydrogen-bond donors (Lipinski definition) is 4. The summed E-state index contributed by atoms with van der Waals surface area (Å²) in [5.74, 6) is -3.26. The van der Waals surface area contributed by atoms with Gasteiger partial charge in [-0.1, -0.05) is 6.07 Å². The number of ether oxygens (including phenoxy) is 2. The van der Waals surface area contributed by atoms with Gasteiger partial charge in [0.05, 0.1) is 6.20 Å². The number of halogens is 3. The van der Waals surface area contributed by atoms with Crippen LogP contribution in [0, 0.1) is 5.82 Å². The third-order valence-electron chi connectivity index (χ3n) is 4.32. The number of carbonyl (C=O) groups excluding carboxylic acids is 2. The molecular weight excluding hydrogens is 459 g/mol. The second kappa shape index (κ2) is 9.09. The molecule has 14 heteroatoms. The third kappa shape index (κ3) is 5.06. The maximum atomic E-state index is 14.3. The topological polar surface area (TPSA) is 139 Å². The number of nitrogens with one attached hydrogen (secondary N) is 4. The summed E-state index contributed by atoms with van der Waals surface area (Å²) in [5, 5.41) is 9.82. The van der Waals surface area contributed by atoms with Crippen LogP contribution in [0.2, 0.25) is 0 Å². The van der Waals surface area contributed by atoms with Crippen molar-refractivity contribution in [3.63, 3.8) is 0 Å². The number of hydrogen-bond acceptors (Lipinski definition) is 9. The smallest absolute Gasteiger partial charge is 0.482 e. The molecule has 0 fully saturated rings. The highest BCUT2D eigenvalue weighted by molar-refractivity contribution is 5.97. The van der Waals surface area contributed by atoms with Crippen molar-refractivity contribution in [2.24, 2.45) is 0 Å². The number of likely N-dealkylation sites (N-methyl/N-ethyl adjacent to an activating group) is 1. The fourth-order valence-electron chi connectivity index (χ4n) is 2.70. The van der Waals surface area contributed by atoms with Crippen molar-refractivity contribution in [1.29, 1.82) is 0 Å². The van der Waals surface area contributed by atoms with Gasteiger partial charge in [-0.25, -0.2) is 14.4 Å².